The van der Waals surface area contributed by atoms with Crippen molar-refractivity contribution in [2.45, 2.75) is 32.1 Å². The second-order valence-electron chi connectivity index (χ2n) is 5.87. The van der Waals surface area contributed by atoms with Gasteiger partial charge in [-0.25, -0.2) is 0 Å². The summed E-state index contributed by atoms with van der Waals surface area (Å²) in [5.74, 6) is 0.478. The van der Waals surface area contributed by atoms with Gasteiger partial charge in [0.15, 0.2) is 0 Å². The Morgan fingerprint density at radius 2 is 2.00 bits per heavy atom. The largest absolute Gasteiger partial charge is 0.342 e. The highest BCUT2D eigenvalue weighted by molar-refractivity contribution is 5.92. The molecule has 1 amide bonds. The summed E-state index contributed by atoms with van der Waals surface area (Å²) >= 11 is 0. The highest BCUT2D eigenvalue weighted by atomic mass is 16.6. The number of nitro groups is 1. The summed E-state index contributed by atoms with van der Waals surface area (Å²) in [7, 11) is 1.79. The van der Waals surface area contributed by atoms with Gasteiger partial charge in [0.05, 0.1) is 10.5 Å². The van der Waals surface area contributed by atoms with Crippen LogP contribution >= 0.6 is 0 Å². The maximum absolute atomic E-state index is 12.1. The molecule has 1 aromatic rings. The van der Waals surface area contributed by atoms with Crippen molar-refractivity contribution in [1.29, 1.82) is 0 Å². The average molecular weight is 302 g/mol. The maximum atomic E-state index is 12.1. The van der Waals surface area contributed by atoms with E-state index in [-0.39, 0.29) is 11.6 Å². The molecule has 22 heavy (non-hydrogen) atoms. The number of likely N-dealkylation sites (N-methyl/N-ethyl adjacent to an activating group) is 1. The number of carbonyl (C=O) groups excluding carboxylic acids is 1. The Kier molecular flexibility index (Phi) is 5.69. The molecule has 1 fully saturated rings. The minimum Gasteiger partial charge on any atom is -0.342 e. The van der Waals surface area contributed by atoms with Crippen LogP contribution < -0.4 is 0 Å². The molecule has 1 aliphatic carbocycles. The van der Waals surface area contributed by atoms with Crippen molar-refractivity contribution in [2.24, 2.45) is 5.92 Å². The predicted molar refractivity (Wildman–Crippen MR) is 86.3 cm³/mol. The fourth-order valence-corrected chi connectivity index (χ4v) is 2.93. The van der Waals surface area contributed by atoms with E-state index >= 15 is 0 Å². The molecule has 2 rings (SSSR count). The van der Waals surface area contributed by atoms with E-state index in [0.717, 1.165) is 6.54 Å². The van der Waals surface area contributed by atoms with E-state index in [4.69, 9.17) is 0 Å². The summed E-state index contributed by atoms with van der Waals surface area (Å²) in [6, 6.07) is 6.42. The van der Waals surface area contributed by atoms with Gasteiger partial charge >= 0.3 is 0 Å². The number of nitrogens with zero attached hydrogens (tertiary/aromatic N) is 2. The lowest BCUT2D eigenvalue weighted by atomic mass is 9.89. The first-order valence-corrected chi connectivity index (χ1v) is 7.74. The SMILES string of the molecule is CN(CC1CCCCC1)C(=O)/C=C/c1ccccc1[N+](=O)[O-]. The Morgan fingerprint density at radius 3 is 2.68 bits per heavy atom. The Balaban J connectivity index is 1.97. The van der Waals surface area contributed by atoms with Gasteiger partial charge in [0.25, 0.3) is 5.69 Å². The van der Waals surface area contributed by atoms with E-state index in [1.807, 2.05) is 0 Å². The van der Waals surface area contributed by atoms with Gasteiger partial charge in [-0.05, 0) is 30.9 Å². The molecular weight excluding hydrogens is 280 g/mol. The lowest BCUT2D eigenvalue weighted by molar-refractivity contribution is -0.385. The lowest BCUT2D eigenvalue weighted by Gasteiger charge is -2.26. The van der Waals surface area contributed by atoms with Crippen LogP contribution in [-0.2, 0) is 4.79 Å². The summed E-state index contributed by atoms with van der Waals surface area (Å²) in [5, 5.41) is 10.9. The predicted octanol–water partition coefficient (Wildman–Crippen LogP) is 3.65. The first kappa shape index (κ1) is 16.2. The molecule has 0 bridgehead atoms. The van der Waals surface area contributed by atoms with E-state index in [9.17, 15) is 14.9 Å². The maximum Gasteiger partial charge on any atom is 0.276 e. The molecule has 1 aromatic carbocycles. The van der Waals surface area contributed by atoms with E-state index in [1.54, 1.807) is 30.1 Å². The molecule has 0 radical (unpaired) electrons. The van der Waals surface area contributed by atoms with Crippen LogP contribution in [0, 0.1) is 16.0 Å². The molecule has 1 aliphatic rings. The molecule has 0 spiro atoms. The molecule has 0 atom stereocenters. The third-order valence-electron chi connectivity index (χ3n) is 4.17. The number of hydrogen-bond donors (Lipinski definition) is 0. The molecule has 0 saturated heterocycles. The van der Waals surface area contributed by atoms with Crippen molar-refractivity contribution in [3.63, 3.8) is 0 Å². The number of carbonyl (C=O) groups is 1. The number of hydrogen-bond acceptors (Lipinski definition) is 3. The molecule has 5 heteroatoms. The normalized spacial score (nSPS) is 15.9. The fraction of sp³-hybridized carbons (Fsp3) is 0.471. The summed E-state index contributed by atoms with van der Waals surface area (Å²) in [6.07, 6.45) is 9.11. The van der Waals surface area contributed by atoms with E-state index in [0.29, 0.717) is 11.5 Å². The zero-order valence-electron chi connectivity index (χ0n) is 12.9. The standard InChI is InChI=1S/C17H22N2O3/c1-18(13-14-7-3-2-4-8-14)17(20)12-11-15-9-5-6-10-16(15)19(21)22/h5-6,9-12,14H,2-4,7-8,13H2,1H3/b12-11+. The van der Waals surface area contributed by atoms with Crippen LogP contribution in [-0.4, -0.2) is 29.3 Å². The zero-order valence-corrected chi connectivity index (χ0v) is 12.9. The van der Waals surface area contributed by atoms with Crippen LogP contribution in [0.4, 0.5) is 5.69 Å². The zero-order chi connectivity index (χ0) is 15.9. The smallest absolute Gasteiger partial charge is 0.276 e. The van der Waals surface area contributed by atoms with Gasteiger partial charge in [-0.15, -0.1) is 0 Å². The second kappa shape index (κ2) is 7.73. The van der Waals surface area contributed by atoms with Crippen molar-refractivity contribution in [3.05, 3.63) is 46.0 Å². The average Bonchev–Trinajstić information content (AvgIpc) is 2.53. The molecule has 0 heterocycles. The molecule has 5 nitrogen and oxygen atoms in total. The fourth-order valence-electron chi connectivity index (χ4n) is 2.93. The molecule has 0 aliphatic heterocycles. The highest BCUT2D eigenvalue weighted by Gasteiger charge is 2.17. The van der Waals surface area contributed by atoms with Gasteiger partial charge in [0.1, 0.15) is 0 Å². The van der Waals surface area contributed by atoms with Crippen molar-refractivity contribution in [1.82, 2.24) is 4.90 Å². The number of nitro benzene ring substituents is 1. The first-order valence-electron chi connectivity index (χ1n) is 7.74. The van der Waals surface area contributed by atoms with E-state index < -0.39 is 4.92 Å². The third kappa shape index (κ3) is 4.41. The molecule has 118 valence electrons. The van der Waals surface area contributed by atoms with Gasteiger partial charge in [-0.3, -0.25) is 14.9 Å². The van der Waals surface area contributed by atoms with Crippen molar-refractivity contribution >= 4 is 17.7 Å². The van der Waals surface area contributed by atoms with E-state index in [1.165, 1.54) is 50.3 Å². The van der Waals surface area contributed by atoms with Gasteiger partial charge < -0.3 is 4.90 Å². The number of rotatable bonds is 5. The number of benzene rings is 1. The van der Waals surface area contributed by atoms with Crippen LogP contribution in [0.2, 0.25) is 0 Å². The van der Waals surface area contributed by atoms with Crippen LogP contribution in [0.25, 0.3) is 6.08 Å². The molecule has 0 unspecified atom stereocenters. The quantitative estimate of drug-likeness (QED) is 0.474. The number of amides is 1. The topological polar surface area (TPSA) is 63.5 Å². The summed E-state index contributed by atoms with van der Waals surface area (Å²) in [5.41, 5.74) is 0.466. The van der Waals surface area contributed by atoms with Gasteiger partial charge in [0, 0.05) is 25.7 Å². The molecule has 0 N–H and O–H groups in total. The van der Waals surface area contributed by atoms with Crippen LogP contribution in [0.3, 0.4) is 0 Å². The summed E-state index contributed by atoms with van der Waals surface area (Å²) in [4.78, 5) is 24.4. The Labute approximate surface area is 130 Å². The highest BCUT2D eigenvalue weighted by Crippen LogP contribution is 2.24. The van der Waals surface area contributed by atoms with Gasteiger partial charge in [-0.2, -0.15) is 0 Å². The Hall–Kier alpha value is -2.17. The van der Waals surface area contributed by atoms with E-state index in [2.05, 4.69) is 0 Å². The second-order valence-corrected chi connectivity index (χ2v) is 5.87. The minimum atomic E-state index is -0.435. The lowest BCUT2D eigenvalue weighted by Crippen LogP contribution is -2.31. The summed E-state index contributed by atoms with van der Waals surface area (Å²) in [6.45, 7) is 0.764. The van der Waals surface area contributed by atoms with Crippen molar-refractivity contribution in [3.8, 4) is 0 Å². The third-order valence-corrected chi connectivity index (χ3v) is 4.17. The molecule has 1 saturated carbocycles. The molecule has 0 aromatic heterocycles. The van der Waals surface area contributed by atoms with Crippen molar-refractivity contribution in [2.75, 3.05) is 13.6 Å². The Bertz CT molecular complexity index is 563. The van der Waals surface area contributed by atoms with Crippen molar-refractivity contribution < 1.29 is 9.72 Å². The van der Waals surface area contributed by atoms with Gasteiger partial charge in [-0.1, -0.05) is 31.4 Å². The minimum absolute atomic E-state index is 0.0153. The van der Waals surface area contributed by atoms with Crippen LogP contribution in [0.5, 0.6) is 0 Å². The first-order chi connectivity index (χ1) is 10.6. The summed E-state index contributed by atoms with van der Waals surface area (Å²) < 4.78 is 0. The van der Waals surface area contributed by atoms with Crippen LogP contribution in [0.15, 0.2) is 30.3 Å². The monoisotopic (exact) mass is 302 g/mol. The van der Waals surface area contributed by atoms with Crippen LogP contribution in [0.1, 0.15) is 37.7 Å². The molecular formula is C17H22N2O3. The number of para-hydroxylation sites is 1. The van der Waals surface area contributed by atoms with Gasteiger partial charge in [0.2, 0.25) is 5.91 Å². The Morgan fingerprint density at radius 1 is 1.32 bits per heavy atom.